The summed E-state index contributed by atoms with van der Waals surface area (Å²) in [7, 11) is 0. The fourth-order valence-electron chi connectivity index (χ4n) is 9.05. The first-order chi connectivity index (χ1) is 28.2. The summed E-state index contributed by atoms with van der Waals surface area (Å²) in [6.45, 7) is 4.47. The minimum absolute atomic E-state index is 0.0342. The first kappa shape index (κ1) is 37.1. The third-order valence-electron chi connectivity index (χ3n) is 12.3. The van der Waals surface area contributed by atoms with Crippen LogP contribution in [0, 0.1) is 17.2 Å². The van der Waals surface area contributed by atoms with Gasteiger partial charge in [-0.05, 0) is 74.6 Å². The molecular weight excluding hydrogens is 745 g/mol. The molecule has 1 atom stereocenters. The Morgan fingerprint density at radius 1 is 0.897 bits per heavy atom. The van der Waals surface area contributed by atoms with Crippen LogP contribution in [-0.4, -0.2) is 115 Å². The Balaban J connectivity index is 0.788. The smallest absolute Gasteiger partial charge is 0.262 e. The van der Waals surface area contributed by atoms with Gasteiger partial charge in [0.05, 0.1) is 35.2 Å². The molecule has 1 unspecified atom stereocenters. The van der Waals surface area contributed by atoms with Crippen LogP contribution >= 0.6 is 0 Å². The van der Waals surface area contributed by atoms with E-state index in [2.05, 4.69) is 37.1 Å². The third-order valence-corrected chi connectivity index (χ3v) is 12.3. The van der Waals surface area contributed by atoms with E-state index >= 15 is 0 Å². The maximum atomic E-state index is 13.7. The van der Waals surface area contributed by atoms with Crippen molar-refractivity contribution in [2.75, 3.05) is 49.5 Å². The summed E-state index contributed by atoms with van der Waals surface area (Å²) in [4.78, 5) is 87.5. The molecule has 18 nitrogen and oxygen atoms in total. The van der Waals surface area contributed by atoms with Crippen LogP contribution in [0.1, 0.15) is 106 Å². The number of anilines is 2. The zero-order valence-electron chi connectivity index (χ0n) is 31.7. The number of carbonyl (C=O) groups is 6. The van der Waals surface area contributed by atoms with Crippen molar-refractivity contribution in [1.82, 2.24) is 44.8 Å². The van der Waals surface area contributed by atoms with E-state index in [1.54, 1.807) is 33.7 Å². The van der Waals surface area contributed by atoms with E-state index in [-0.39, 0.29) is 59.0 Å². The number of piperazine rings is 1. The van der Waals surface area contributed by atoms with E-state index in [0.29, 0.717) is 62.9 Å². The van der Waals surface area contributed by atoms with E-state index in [4.69, 9.17) is 4.98 Å². The Morgan fingerprint density at radius 3 is 2.40 bits per heavy atom. The molecule has 1 aromatic carbocycles. The normalized spacial score (nSPS) is 22.9. The second kappa shape index (κ2) is 15.1. The second-order valence-corrected chi connectivity index (χ2v) is 15.6. The third kappa shape index (κ3) is 6.74. The van der Waals surface area contributed by atoms with Crippen molar-refractivity contribution < 1.29 is 28.8 Å². The van der Waals surface area contributed by atoms with Crippen molar-refractivity contribution in [3.63, 3.8) is 0 Å². The number of nitrogens with one attached hydrogen (secondary N) is 3. The van der Waals surface area contributed by atoms with Crippen molar-refractivity contribution in [3.8, 4) is 6.07 Å². The number of hydrogen-bond donors (Lipinski definition) is 3. The molecule has 9 rings (SSSR count). The van der Waals surface area contributed by atoms with Crippen LogP contribution in [0.3, 0.4) is 0 Å². The molecule has 0 radical (unpaired) electrons. The van der Waals surface area contributed by atoms with E-state index in [9.17, 15) is 34.0 Å². The largest absolute Gasteiger partial charge is 0.354 e. The molecule has 4 aliphatic heterocycles. The number of amides is 6. The van der Waals surface area contributed by atoms with Gasteiger partial charge in [-0.15, -0.1) is 0 Å². The average Bonchev–Trinajstić information content (AvgIpc) is 3.94. The van der Waals surface area contributed by atoms with E-state index < -0.39 is 35.6 Å². The summed E-state index contributed by atoms with van der Waals surface area (Å²) in [5, 5.41) is 27.1. The molecule has 18 heteroatoms. The predicted molar refractivity (Wildman–Crippen MR) is 206 cm³/mol. The van der Waals surface area contributed by atoms with E-state index in [1.807, 2.05) is 17.0 Å². The molecule has 0 bridgehead atoms. The molecule has 7 heterocycles. The summed E-state index contributed by atoms with van der Waals surface area (Å²) in [5.41, 5.74) is 2.55. The lowest BCUT2D eigenvalue weighted by Crippen LogP contribution is -2.54. The Bertz CT molecular complexity index is 2390. The molecule has 4 aromatic rings. The molecule has 58 heavy (non-hydrogen) atoms. The van der Waals surface area contributed by atoms with Gasteiger partial charge in [0.15, 0.2) is 11.3 Å². The number of rotatable bonds is 7. The van der Waals surface area contributed by atoms with Gasteiger partial charge in [0.1, 0.15) is 23.5 Å². The number of hydrogen-bond acceptors (Lipinski definition) is 12. The van der Waals surface area contributed by atoms with E-state index in [0.717, 1.165) is 42.5 Å². The number of nitrogens with zero attached hydrogens (tertiary/aromatic N) is 9. The van der Waals surface area contributed by atoms with Gasteiger partial charge in [-0.25, -0.2) is 9.50 Å². The van der Waals surface area contributed by atoms with Crippen LogP contribution < -0.4 is 20.9 Å². The summed E-state index contributed by atoms with van der Waals surface area (Å²) in [6.07, 6.45) is 9.24. The lowest BCUT2D eigenvalue weighted by atomic mass is 9.83. The minimum atomic E-state index is -1.01. The first-order valence-corrected chi connectivity index (χ1v) is 19.9. The highest BCUT2D eigenvalue weighted by atomic mass is 16.2. The van der Waals surface area contributed by atoms with Crippen LogP contribution in [0.4, 0.5) is 11.5 Å². The Morgan fingerprint density at radius 2 is 1.66 bits per heavy atom. The predicted octanol–water partition coefficient (Wildman–Crippen LogP) is 2.00. The fraction of sp³-hybridized carbons (Fsp3) is 0.450. The minimum Gasteiger partial charge on any atom is -0.354 e. The lowest BCUT2D eigenvalue weighted by molar-refractivity contribution is -0.138. The van der Waals surface area contributed by atoms with Crippen molar-refractivity contribution in [3.05, 3.63) is 70.8 Å². The topological polar surface area (TPSA) is 220 Å². The highest BCUT2D eigenvalue weighted by Gasteiger charge is 2.45. The Kier molecular flexibility index (Phi) is 9.68. The fourth-order valence-corrected chi connectivity index (χ4v) is 9.05. The summed E-state index contributed by atoms with van der Waals surface area (Å²) in [6, 6.07) is 8.18. The van der Waals surface area contributed by atoms with Gasteiger partial charge in [0.2, 0.25) is 17.7 Å². The number of nitriles is 1. The number of benzene rings is 1. The monoisotopic (exact) mass is 786 g/mol. The zero-order chi connectivity index (χ0) is 40.1. The van der Waals surface area contributed by atoms with Crippen molar-refractivity contribution >= 4 is 52.6 Å². The van der Waals surface area contributed by atoms with Crippen molar-refractivity contribution in [2.24, 2.45) is 5.92 Å². The molecule has 1 aliphatic carbocycles. The summed E-state index contributed by atoms with van der Waals surface area (Å²) in [5.74, 6) is -1.69. The highest BCUT2D eigenvalue weighted by molar-refractivity contribution is 6.23. The SMILES string of the molecule is N#Cc1nn(C2CCC(C(=O)N3CCC(c4ccc5c(c4)C(=O)N(C4CCC(=O)NC4=O)C5=O)CC3)CC2)cc1NC(=O)c1cnn2ccc(N3CCNCC3)nc12. The van der Waals surface area contributed by atoms with Crippen LogP contribution in [0.15, 0.2) is 42.9 Å². The van der Waals surface area contributed by atoms with Crippen LogP contribution in [0.5, 0.6) is 0 Å². The summed E-state index contributed by atoms with van der Waals surface area (Å²) >= 11 is 0. The summed E-state index contributed by atoms with van der Waals surface area (Å²) < 4.78 is 3.29. The quantitative estimate of drug-likeness (QED) is 0.229. The van der Waals surface area contributed by atoms with Crippen LogP contribution in [0.25, 0.3) is 5.65 Å². The van der Waals surface area contributed by atoms with Gasteiger partial charge >= 0.3 is 0 Å². The van der Waals surface area contributed by atoms with Gasteiger partial charge in [0.25, 0.3) is 17.7 Å². The molecule has 1 saturated carbocycles. The highest BCUT2D eigenvalue weighted by Crippen LogP contribution is 2.37. The second-order valence-electron chi connectivity index (χ2n) is 15.6. The molecular formula is C40H42N12O6. The Labute approximate surface area is 332 Å². The first-order valence-electron chi connectivity index (χ1n) is 19.9. The molecule has 0 spiro atoms. The molecule has 3 aromatic heterocycles. The number of carbonyl (C=O) groups excluding carboxylic acids is 6. The van der Waals surface area contributed by atoms with Crippen molar-refractivity contribution in [1.29, 1.82) is 5.26 Å². The van der Waals surface area contributed by atoms with E-state index in [1.165, 1.54) is 6.20 Å². The van der Waals surface area contributed by atoms with Gasteiger partial charge in [-0.1, -0.05) is 6.07 Å². The number of piperidine rings is 2. The maximum absolute atomic E-state index is 13.7. The number of imide groups is 2. The maximum Gasteiger partial charge on any atom is 0.262 e. The van der Waals surface area contributed by atoms with Crippen LogP contribution in [0.2, 0.25) is 0 Å². The number of fused-ring (bicyclic) bond motifs is 2. The van der Waals surface area contributed by atoms with Gasteiger partial charge in [0, 0.05) is 57.8 Å². The van der Waals surface area contributed by atoms with Gasteiger partial charge in [-0.2, -0.15) is 15.5 Å². The Hall–Kier alpha value is -6.48. The number of aromatic nitrogens is 5. The van der Waals surface area contributed by atoms with Gasteiger partial charge in [-0.3, -0.25) is 43.7 Å². The molecule has 298 valence electrons. The molecule has 3 saturated heterocycles. The molecule has 5 aliphatic rings. The average molecular weight is 787 g/mol. The lowest BCUT2D eigenvalue weighted by Gasteiger charge is -2.36. The van der Waals surface area contributed by atoms with Crippen molar-refractivity contribution in [2.45, 2.75) is 69.4 Å². The zero-order valence-corrected chi connectivity index (χ0v) is 31.7. The molecule has 3 N–H and O–H groups in total. The van der Waals surface area contributed by atoms with Gasteiger partial charge < -0.3 is 20.4 Å². The molecule has 4 fully saturated rings. The number of likely N-dealkylation sites (tertiary alicyclic amines) is 1. The van der Waals surface area contributed by atoms with Crippen LogP contribution in [-0.2, 0) is 14.4 Å². The molecule has 6 amide bonds. The standard InChI is InChI=1S/C40H42N12O6/c41-20-30-31(44-36(54)29-21-43-50-16-11-33(45-35(29)50)48-17-12-42-13-18-48)22-51(47-30)26-4-1-24(2-5-26)38(56)49-14-9-23(10-15-49)25-3-6-27-28(19-25)40(58)52(39(27)57)32-7-8-34(53)46-37(32)55/h3,6,11,16,19,21-24,26,32,42H,1-2,4-5,7-10,12-15,17-18H2,(H,44,54)(H,46,53,55).